The molecule has 0 unspecified atom stereocenters. The Morgan fingerprint density at radius 2 is 1.43 bits per heavy atom. The first-order valence-electron chi connectivity index (χ1n) is 9.45. The van der Waals surface area contributed by atoms with Crippen LogP contribution in [-0.4, -0.2) is 4.57 Å². The minimum absolute atomic E-state index is 1.20. The van der Waals surface area contributed by atoms with Crippen LogP contribution in [0.2, 0.25) is 0 Å². The van der Waals surface area contributed by atoms with Gasteiger partial charge in [-0.05, 0) is 52.2 Å². The molecule has 0 amide bonds. The Morgan fingerprint density at radius 1 is 0.607 bits per heavy atom. The van der Waals surface area contributed by atoms with Gasteiger partial charge >= 0.3 is 0 Å². The Hall–Kier alpha value is -3.36. The number of nitrogens with zero attached hydrogens (tertiary/aromatic N) is 1. The zero-order valence-corrected chi connectivity index (χ0v) is 16.0. The fourth-order valence-corrected chi connectivity index (χ4v) is 5.17. The van der Waals surface area contributed by atoms with Gasteiger partial charge in [0.2, 0.25) is 0 Å². The van der Waals surface area contributed by atoms with Crippen LogP contribution in [0.5, 0.6) is 0 Å². The van der Waals surface area contributed by atoms with E-state index in [1.165, 1.54) is 48.7 Å². The van der Waals surface area contributed by atoms with Crippen molar-refractivity contribution in [2.75, 3.05) is 0 Å². The Bertz CT molecular complexity index is 1450. The van der Waals surface area contributed by atoms with E-state index in [0.717, 1.165) is 0 Å². The molecule has 6 aromatic rings. The van der Waals surface area contributed by atoms with Gasteiger partial charge in [0.1, 0.15) is 0 Å². The molecule has 0 atom stereocenters. The van der Waals surface area contributed by atoms with Gasteiger partial charge in [0.25, 0.3) is 0 Å². The normalized spacial score (nSPS) is 11.6. The average molecular weight is 375 g/mol. The van der Waals surface area contributed by atoms with Crippen LogP contribution in [0.15, 0.2) is 102 Å². The molecule has 0 saturated heterocycles. The van der Waals surface area contributed by atoms with Gasteiger partial charge in [0.05, 0.1) is 11.0 Å². The number of benzene rings is 4. The maximum atomic E-state index is 2.40. The van der Waals surface area contributed by atoms with Crippen LogP contribution in [-0.2, 0) is 0 Å². The third-order valence-electron chi connectivity index (χ3n) is 5.47. The summed E-state index contributed by atoms with van der Waals surface area (Å²) in [5.74, 6) is 0. The number of aromatic nitrogens is 1. The van der Waals surface area contributed by atoms with E-state index in [2.05, 4.69) is 107 Å². The summed E-state index contributed by atoms with van der Waals surface area (Å²) in [6.45, 7) is 0. The quantitative estimate of drug-likeness (QED) is 0.293. The molecular formula is C26H17NS. The Kier molecular flexibility index (Phi) is 3.40. The van der Waals surface area contributed by atoms with Gasteiger partial charge in [-0.25, -0.2) is 0 Å². The third-order valence-corrected chi connectivity index (χ3v) is 6.41. The number of hydrogen-bond donors (Lipinski definition) is 0. The molecule has 2 heterocycles. The fraction of sp³-hybridized carbons (Fsp3) is 0. The predicted molar refractivity (Wildman–Crippen MR) is 122 cm³/mol. The SMILES string of the molecule is c1ccc(-c2cccc(-n3c4ccccc4c4c5sccc5ccc43)c2)cc1. The van der Waals surface area contributed by atoms with Crippen molar-refractivity contribution < 1.29 is 0 Å². The van der Waals surface area contributed by atoms with Gasteiger partial charge in [-0.3, -0.25) is 0 Å². The summed E-state index contributed by atoms with van der Waals surface area (Å²) in [5.41, 5.74) is 6.19. The molecule has 132 valence electrons. The molecule has 6 rings (SSSR count). The highest BCUT2D eigenvalue weighted by Gasteiger charge is 2.15. The molecule has 0 fully saturated rings. The van der Waals surface area contributed by atoms with Gasteiger partial charge in [0, 0.05) is 21.2 Å². The first-order valence-corrected chi connectivity index (χ1v) is 10.3. The molecule has 0 N–H and O–H groups in total. The molecule has 4 aromatic carbocycles. The minimum Gasteiger partial charge on any atom is -0.309 e. The van der Waals surface area contributed by atoms with E-state index in [1.54, 1.807) is 0 Å². The Morgan fingerprint density at radius 3 is 2.36 bits per heavy atom. The second-order valence-corrected chi connectivity index (χ2v) is 7.98. The van der Waals surface area contributed by atoms with E-state index in [9.17, 15) is 0 Å². The maximum absolute atomic E-state index is 2.40. The average Bonchev–Trinajstić information content (AvgIpc) is 3.36. The van der Waals surface area contributed by atoms with Crippen molar-refractivity contribution in [1.82, 2.24) is 4.57 Å². The number of thiophene rings is 1. The summed E-state index contributed by atoms with van der Waals surface area (Å²) in [6, 6.07) is 34.9. The van der Waals surface area contributed by atoms with Crippen molar-refractivity contribution in [2.24, 2.45) is 0 Å². The number of para-hydroxylation sites is 1. The smallest absolute Gasteiger partial charge is 0.0555 e. The lowest BCUT2D eigenvalue weighted by Crippen LogP contribution is -1.94. The van der Waals surface area contributed by atoms with E-state index in [0.29, 0.717) is 0 Å². The molecular weight excluding hydrogens is 358 g/mol. The lowest BCUT2D eigenvalue weighted by Gasteiger charge is -2.10. The predicted octanol–water partition coefficient (Wildman–Crippen LogP) is 7.67. The van der Waals surface area contributed by atoms with Gasteiger partial charge in [-0.15, -0.1) is 11.3 Å². The van der Waals surface area contributed by atoms with Crippen molar-refractivity contribution in [3.8, 4) is 16.8 Å². The summed E-state index contributed by atoms with van der Waals surface area (Å²) in [6.07, 6.45) is 0. The lowest BCUT2D eigenvalue weighted by molar-refractivity contribution is 1.18. The van der Waals surface area contributed by atoms with Crippen LogP contribution in [0.4, 0.5) is 0 Å². The van der Waals surface area contributed by atoms with E-state index >= 15 is 0 Å². The molecule has 0 radical (unpaired) electrons. The highest BCUT2D eigenvalue weighted by atomic mass is 32.1. The minimum atomic E-state index is 1.20. The van der Waals surface area contributed by atoms with Crippen LogP contribution in [0.3, 0.4) is 0 Å². The third kappa shape index (κ3) is 2.25. The van der Waals surface area contributed by atoms with Crippen molar-refractivity contribution in [3.63, 3.8) is 0 Å². The molecule has 0 spiro atoms. The summed E-state index contributed by atoms with van der Waals surface area (Å²) in [7, 11) is 0. The van der Waals surface area contributed by atoms with Crippen LogP contribution in [0, 0.1) is 0 Å². The number of fused-ring (bicyclic) bond motifs is 5. The van der Waals surface area contributed by atoms with Gasteiger partial charge in [-0.2, -0.15) is 0 Å². The highest BCUT2D eigenvalue weighted by Crippen LogP contribution is 2.39. The Labute approximate surface area is 167 Å². The zero-order valence-electron chi connectivity index (χ0n) is 15.2. The molecule has 0 aliphatic rings. The molecule has 0 bridgehead atoms. The largest absolute Gasteiger partial charge is 0.309 e. The van der Waals surface area contributed by atoms with Crippen molar-refractivity contribution >= 4 is 43.2 Å². The van der Waals surface area contributed by atoms with Crippen LogP contribution >= 0.6 is 11.3 Å². The van der Waals surface area contributed by atoms with E-state index in [-0.39, 0.29) is 0 Å². The van der Waals surface area contributed by atoms with Gasteiger partial charge < -0.3 is 4.57 Å². The van der Waals surface area contributed by atoms with Crippen molar-refractivity contribution in [2.45, 2.75) is 0 Å². The van der Waals surface area contributed by atoms with Gasteiger partial charge in [-0.1, -0.05) is 66.7 Å². The first-order chi connectivity index (χ1) is 13.9. The molecule has 0 saturated carbocycles. The molecule has 2 aromatic heterocycles. The second kappa shape index (κ2) is 6.08. The van der Waals surface area contributed by atoms with Gasteiger partial charge in [0.15, 0.2) is 0 Å². The topological polar surface area (TPSA) is 4.93 Å². The van der Waals surface area contributed by atoms with E-state index < -0.39 is 0 Å². The monoisotopic (exact) mass is 375 g/mol. The second-order valence-electron chi connectivity index (χ2n) is 7.07. The first kappa shape index (κ1) is 15.7. The summed E-state index contributed by atoms with van der Waals surface area (Å²) in [4.78, 5) is 0. The van der Waals surface area contributed by atoms with Crippen LogP contribution in [0.25, 0.3) is 48.7 Å². The maximum Gasteiger partial charge on any atom is 0.0555 e. The number of hydrogen-bond acceptors (Lipinski definition) is 1. The Balaban J connectivity index is 1.71. The molecule has 1 nitrogen and oxygen atoms in total. The summed E-state index contributed by atoms with van der Waals surface area (Å²) >= 11 is 1.83. The zero-order chi connectivity index (χ0) is 18.5. The van der Waals surface area contributed by atoms with Crippen LogP contribution < -0.4 is 0 Å². The standard InChI is InChI=1S/C26H17NS/c1-2-7-18(8-3-1)20-9-6-10-21(17-20)27-23-12-5-4-11-22(23)25-24(27)14-13-19-15-16-28-26(19)25/h1-17H. The lowest BCUT2D eigenvalue weighted by atomic mass is 10.1. The summed E-state index contributed by atoms with van der Waals surface area (Å²) < 4.78 is 3.77. The van der Waals surface area contributed by atoms with E-state index in [4.69, 9.17) is 0 Å². The molecule has 28 heavy (non-hydrogen) atoms. The fourth-order valence-electron chi connectivity index (χ4n) is 4.21. The summed E-state index contributed by atoms with van der Waals surface area (Å²) in [5, 5.41) is 6.18. The van der Waals surface area contributed by atoms with Crippen LogP contribution in [0.1, 0.15) is 0 Å². The highest BCUT2D eigenvalue weighted by molar-refractivity contribution is 7.18. The molecule has 0 aliphatic carbocycles. The molecule has 2 heteroatoms. The van der Waals surface area contributed by atoms with Crippen molar-refractivity contribution in [3.05, 3.63) is 102 Å². The van der Waals surface area contributed by atoms with E-state index in [1.807, 2.05) is 11.3 Å². The van der Waals surface area contributed by atoms with Crippen molar-refractivity contribution in [1.29, 1.82) is 0 Å². The molecule has 0 aliphatic heterocycles. The number of rotatable bonds is 2.